The van der Waals surface area contributed by atoms with Crippen LogP contribution in [0, 0.1) is 5.92 Å². The molecule has 0 aromatic carbocycles. The molecule has 2 atom stereocenters. The minimum atomic E-state index is 0.763. The molecule has 1 aromatic rings. The Balaban J connectivity index is 1.59. The fourth-order valence-corrected chi connectivity index (χ4v) is 2.97. The minimum absolute atomic E-state index is 0.763. The molecule has 0 spiro atoms. The molecule has 5 heteroatoms. The molecule has 1 aliphatic carbocycles. The maximum absolute atomic E-state index is 4.19. The zero-order valence-electron chi connectivity index (χ0n) is 10.5. The summed E-state index contributed by atoms with van der Waals surface area (Å²) in [5.41, 5.74) is 0. The van der Waals surface area contributed by atoms with E-state index in [9.17, 15) is 0 Å². The first-order chi connectivity index (χ1) is 8.38. The largest absolute Gasteiger partial charge is 0.317 e. The van der Waals surface area contributed by atoms with Crippen LogP contribution in [-0.4, -0.2) is 45.3 Å². The van der Waals surface area contributed by atoms with Gasteiger partial charge >= 0.3 is 0 Å². The first-order valence-corrected chi connectivity index (χ1v) is 6.70. The summed E-state index contributed by atoms with van der Waals surface area (Å²) in [5, 5.41) is 11.6. The topological polar surface area (TPSA) is 46.0 Å². The van der Waals surface area contributed by atoms with Crippen LogP contribution in [0.2, 0.25) is 0 Å². The van der Waals surface area contributed by atoms with Crippen molar-refractivity contribution in [1.29, 1.82) is 0 Å². The molecule has 1 fully saturated rings. The Hall–Kier alpha value is -0.940. The zero-order valence-corrected chi connectivity index (χ0v) is 10.5. The van der Waals surface area contributed by atoms with Crippen LogP contribution in [-0.2, 0) is 13.1 Å². The molecule has 2 unspecified atom stereocenters. The van der Waals surface area contributed by atoms with Crippen LogP contribution in [0.3, 0.4) is 0 Å². The molecule has 1 aliphatic heterocycles. The zero-order chi connectivity index (χ0) is 11.7. The molecule has 2 heterocycles. The van der Waals surface area contributed by atoms with E-state index >= 15 is 0 Å². The van der Waals surface area contributed by atoms with E-state index in [2.05, 4.69) is 31.9 Å². The normalized spacial score (nSPS) is 28.8. The standard InChI is InChI=1S/C12H21N5/c1-2-13-7-10-3-4-11(10)16-5-6-17-9-14-15-12(17)8-16/h9-11,13H,2-8H2,1H3. The quantitative estimate of drug-likeness (QED) is 0.824. The van der Waals surface area contributed by atoms with Crippen LogP contribution >= 0.6 is 0 Å². The summed E-state index contributed by atoms with van der Waals surface area (Å²) >= 11 is 0. The lowest BCUT2D eigenvalue weighted by Gasteiger charge is -2.45. The highest BCUT2D eigenvalue weighted by Gasteiger charge is 2.36. The lowest BCUT2D eigenvalue weighted by molar-refractivity contribution is 0.0399. The third-order valence-electron chi connectivity index (χ3n) is 4.17. The SMILES string of the molecule is CCNCC1CCC1N1CCn2cnnc2C1. The predicted molar refractivity (Wildman–Crippen MR) is 65.5 cm³/mol. The average Bonchev–Trinajstić information content (AvgIpc) is 2.75. The van der Waals surface area contributed by atoms with Crippen LogP contribution in [0.5, 0.6) is 0 Å². The molecule has 3 rings (SSSR count). The van der Waals surface area contributed by atoms with E-state index in [1.807, 2.05) is 6.33 Å². The molecule has 5 nitrogen and oxygen atoms in total. The molecule has 17 heavy (non-hydrogen) atoms. The number of aromatic nitrogens is 3. The number of rotatable bonds is 4. The molecule has 0 bridgehead atoms. The van der Waals surface area contributed by atoms with Crippen molar-refractivity contribution in [3.05, 3.63) is 12.2 Å². The van der Waals surface area contributed by atoms with E-state index in [0.717, 1.165) is 44.0 Å². The van der Waals surface area contributed by atoms with Crippen molar-refractivity contribution in [1.82, 2.24) is 25.0 Å². The smallest absolute Gasteiger partial charge is 0.147 e. The summed E-state index contributed by atoms with van der Waals surface area (Å²) in [7, 11) is 0. The van der Waals surface area contributed by atoms with Crippen molar-refractivity contribution >= 4 is 0 Å². The molecule has 0 saturated heterocycles. The lowest BCUT2D eigenvalue weighted by Crippen LogP contribution is -2.52. The molecular formula is C12H21N5. The van der Waals surface area contributed by atoms with Gasteiger partial charge in [-0.1, -0.05) is 6.92 Å². The second kappa shape index (κ2) is 4.74. The van der Waals surface area contributed by atoms with Crippen molar-refractivity contribution in [3.8, 4) is 0 Å². The van der Waals surface area contributed by atoms with Gasteiger partial charge in [0.1, 0.15) is 12.2 Å². The molecule has 1 saturated carbocycles. The maximum atomic E-state index is 4.19. The Kier molecular flexibility index (Phi) is 3.11. The van der Waals surface area contributed by atoms with Gasteiger partial charge in [0, 0.05) is 19.1 Å². The predicted octanol–water partition coefficient (Wildman–Crippen LogP) is 0.482. The molecule has 94 valence electrons. The van der Waals surface area contributed by atoms with Gasteiger partial charge in [-0.25, -0.2) is 0 Å². The van der Waals surface area contributed by atoms with Crippen LogP contribution < -0.4 is 5.32 Å². The minimum Gasteiger partial charge on any atom is -0.317 e. The first-order valence-electron chi connectivity index (χ1n) is 6.70. The molecule has 1 N–H and O–H groups in total. The lowest BCUT2D eigenvalue weighted by atomic mass is 9.78. The van der Waals surface area contributed by atoms with Gasteiger partial charge < -0.3 is 9.88 Å². The highest BCUT2D eigenvalue weighted by Crippen LogP contribution is 2.33. The number of nitrogens with one attached hydrogen (secondary N) is 1. The molecular weight excluding hydrogens is 214 g/mol. The summed E-state index contributed by atoms with van der Waals surface area (Å²) < 4.78 is 2.18. The van der Waals surface area contributed by atoms with Crippen LogP contribution in [0.15, 0.2) is 6.33 Å². The highest BCUT2D eigenvalue weighted by atomic mass is 15.3. The summed E-state index contributed by atoms with van der Waals surface area (Å²) in [4.78, 5) is 2.59. The highest BCUT2D eigenvalue weighted by molar-refractivity contribution is 4.96. The van der Waals surface area contributed by atoms with Crippen LogP contribution in [0.25, 0.3) is 0 Å². The number of nitrogens with zero attached hydrogens (tertiary/aromatic N) is 4. The fraction of sp³-hybridized carbons (Fsp3) is 0.833. The second-order valence-electron chi connectivity index (χ2n) is 5.12. The number of hydrogen-bond donors (Lipinski definition) is 1. The molecule has 1 aromatic heterocycles. The Bertz CT molecular complexity index is 375. The summed E-state index contributed by atoms with van der Waals surface area (Å²) in [6.07, 6.45) is 4.58. The third-order valence-corrected chi connectivity index (χ3v) is 4.17. The van der Waals surface area contributed by atoms with E-state index in [4.69, 9.17) is 0 Å². The summed E-state index contributed by atoms with van der Waals surface area (Å²) in [6.45, 7) is 7.61. The van der Waals surface area contributed by atoms with E-state index in [0.29, 0.717) is 0 Å². The van der Waals surface area contributed by atoms with Gasteiger partial charge in [0.2, 0.25) is 0 Å². The van der Waals surface area contributed by atoms with Gasteiger partial charge in [-0.2, -0.15) is 0 Å². The summed E-state index contributed by atoms with van der Waals surface area (Å²) in [6, 6.07) is 0.763. The number of hydrogen-bond acceptors (Lipinski definition) is 4. The Morgan fingerprint density at radius 1 is 1.41 bits per heavy atom. The Morgan fingerprint density at radius 2 is 2.35 bits per heavy atom. The van der Waals surface area contributed by atoms with Crippen LogP contribution in [0.4, 0.5) is 0 Å². The van der Waals surface area contributed by atoms with Crippen molar-refractivity contribution in [2.24, 2.45) is 5.92 Å². The maximum Gasteiger partial charge on any atom is 0.147 e. The van der Waals surface area contributed by atoms with E-state index in [1.54, 1.807) is 0 Å². The third kappa shape index (κ3) is 2.09. The van der Waals surface area contributed by atoms with Gasteiger partial charge in [0.25, 0.3) is 0 Å². The Morgan fingerprint density at radius 3 is 3.12 bits per heavy atom. The van der Waals surface area contributed by atoms with Crippen LogP contribution in [0.1, 0.15) is 25.6 Å². The fourth-order valence-electron chi connectivity index (χ4n) is 2.97. The second-order valence-corrected chi connectivity index (χ2v) is 5.12. The van der Waals surface area contributed by atoms with E-state index < -0.39 is 0 Å². The van der Waals surface area contributed by atoms with Gasteiger partial charge in [-0.3, -0.25) is 4.90 Å². The summed E-state index contributed by atoms with van der Waals surface area (Å²) in [5.74, 6) is 1.97. The van der Waals surface area contributed by atoms with E-state index in [-0.39, 0.29) is 0 Å². The number of fused-ring (bicyclic) bond motifs is 1. The average molecular weight is 235 g/mol. The molecule has 2 aliphatic rings. The Labute approximate surface area is 102 Å². The van der Waals surface area contributed by atoms with Crippen molar-refractivity contribution in [2.75, 3.05) is 19.6 Å². The van der Waals surface area contributed by atoms with Gasteiger partial charge in [-0.15, -0.1) is 10.2 Å². The van der Waals surface area contributed by atoms with Gasteiger partial charge in [0.15, 0.2) is 0 Å². The molecule has 0 amide bonds. The van der Waals surface area contributed by atoms with Crippen molar-refractivity contribution < 1.29 is 0 Å². The van der Waals surface area contributed by atoms with Gasteiger partial charge in [0.05, 0.1) is 6.54 Å². The van der Waals surface area contributed by atoms with Crippen molar-refractivity contribution in [2.45, 2.75) is 38.9 Å². The van der Waals surface area contributed by atoms with Crippen molar-refractivity contribution in [3.63, 3.8) is 0 Å². The van der Waals surface area contributed by atoms with E-state index in [1.165, 1.54) is 19.4 Å². The first kappa shape index (κ1) is 11.2. The molecule has 0 radical (unpaired) electrons. The van der Waals surface area contributed by atoms with Gasteiger partial charge in [-0.05, 0) is 31.8 Å². The monoisotopic (exact) mass is 235 g/mol.